The number of nitrogens with two attached hydrogens (primary N) is 1. The summed E-state index contributed by atoms with van der Waals surface area (Å²) in [6, 6.07) is 14.7. The molecule has 0 aromatic heterocycles. The fourth-order valence-electron chi connectivity index (χ4n) is 1.92. The van der Waals surface area contributed by atoms with Gasteiger partial charge in [-0.15, -0.1) is 0 Å². The van der Waals surface area contributed by atoms with Crippen LogP contribution in [0.5, 0.6) is 11.5 Å². The summed E-state index contributed by atoms with van der Waals surface area (Å²) in [6.07, 6.45) is 0.638. The van der Waals surface area contributed by atoms with E-state index in [0.29, 0.717) is 18.6 Å². The number of primary amides is 1. The van der Waals surface area contributed by atoms with Gasteiger partial charge in [0, 0.05) is 12.0 Å². The van der Waals surface area contributed by atoms with Gasteiger partial charge in [-0.3, -0.25) is 4.79 Å². The lowest BCUT2D eigenvalue weighted by Gasteiger charge is -2.11. The lowest BCUT2D eigenvalue weighted by molar-refractivity contribution is 0.1000. The third-order valence-electron chi connectivity index (χ3n) is 2.95. The van der Waals surface area contributed by atoms with Gasteiger partial charge >= 0.3 is 0 Å². The van der Waals surface area contributed by atoms with Crippen LogP contribution in [0.15, 0.2) is 48.5 Å². The third kappa shape index (κ3) is 3.51. The van der Waals surface area contributed by atoms with Crippen LogP contribution in [0.4, 0.5) is 0 Å². The number of ether oxygens (including phenoxy) is 2. The summed E-state index contributed by atoms with van der Waals surface area (Å²) in [4.78, 5) is 11.2. The molecule has 0 radical (unpaired) electrons. The minimum Gasteiger partial charge on any atom is -0.496 e. The Morgan fingerprint density at radius 1 is 1.15 bits per heavy atom. The number of methoxy groups -OCH3 is 1. The molecule has 20 heavy (non-hydrogen) atoms. The fourth-order valence-corrected chi connectivity index (χ4v) is 1.92. The molecule has 104 valence electrons. The molecule has 2 aromatic carbocycles. The second kappa shape index (κ2) is 6.61. The second-order valence-electron chi connectivity index (χ2n) is 4.30. The smallest absolute Gasteiger partial charge is 0.248 e. The van der Waals surface area contributed by atoms with Gasteiger partial charge < -0.3 is 15.2 Å². The summed E-state index contributed by atoms with van der Waals surface area (Å²) in [7, 11) is 1.60. The van der Waals surface area contributed by atoms with Gasteiger partial charge in [0.05, 0.1) is 13.7 Å². The molecule has 2 aromatic rings. The molecule has 0 saturated carbocycles. The van der Waals surface area contributed by atoms with Crippen LogP contribution in [0, 0.1) is 0 Å². The molecule has 0 atom stereocenters. The molecule has 0 aliphatic rings. The normalized spacial score (nSPS) is 10.1. The average Bonchev–Trinajstić information content (AvgIpc) is 2.48. The Morgan fingerprint density at radius 3 is 2.55 bits per heavy atom. The summed E-state index contributed by atoms with van der Waals surface area (Å²) in [5.74, 6) is 1.10. The maximum Gasteiger partial charge on any atom is 0.248 e. The lowest BCUT2D eigenvalue weighted by atomic mass is 10.1. The van der Waals surface area contributed by atoms with Crippen molar-refractivity contribution in [1.82, 2.24) is 0 Å². The summed E-state index contributed by atoms with van der Waals surface area (Å²) in [5.41, 5.74) is 6.66. The van der Waals surface area contributed by atoms with Gasteiger partial charge in [0.1, 0.15) is 11.5 Å². The number of rotatable bonds is 6. The molecule has 4 heteroatoms. The van der Waals surface area contributed by atoms with Crippen LogP contribution < -0.4 is 15.2 Å². The van der Waals surface area contributed by atoms with E-state index in [1.54, 1.807) is 25.3 Å². The molecular formula is C16H17NO3. The van der Waals surface area contributed by atoms with E-state index in [4.69, 9.17) is 15.2 Å². The first kappa shape index (κ1) is 13.9. The zero-order chi connectivity index (χ0) is 14.4. The summed E-state index contributed by atoms with van der Waals surface area (Å²) >= 11 is 0. The van der Waals surface area contributed by atoms with Crippen molar-refractivity contribution in [1.29, 1.82) is 0 Å². The maximum absolute atomic E-state index is 11.2. The predicted octanol–water partition coefficient (Wildman–Crippen LogP) is 2.42. The number of para-hydroxylation sites is 1. The van der Waals surface area contributed by atoms with Crippen molar-refractivity contribution in [3.05, 3.63) is 59.7 Å². The zero-order valence-electron chi connectivity index (χ0n) is 11.3. The van der Waals surface area contributed by atoms with Crippen molar-refractivity contribution in [3.8, 4) is 11.5 Å². The molecule has 0 aliphatic heterocycles. The first-order chi connectivity index (χ1) is 9.70. The molecular weight excluding hydrogens is 254 g/mol. The van der Waals surface area contributed by atoms with E-state index < -0.39 is 5.91 Å². The van der Waals surface area contributed by atoms with Gasteiger partial charge in [-0.1, -0.05) is 18.2 Å². The topological polar surface area (TPSA) is 61.5 Å². The third-order valence-corrected chi connectivity index (χ3v) is 2.95. The number of hydrogen-bond donors (Lipinski definition) is 1. The molecule has 2 N–H and O–H groups in total. The predicted molar refractivity (Wildman–Crippen MR) is 77.2 cm³/mol. The standard InChI is InChI=1S/C16H17NO3/c1-19-15-8-7-13(16(17)18)11-12(15)9-10-20-14-5-3-2-4-6-14/h2-8,11H,9-10H2,1H3,(H2,17,18). The SMILES string of the molecule is COc1ccc(C(N)=O)cc1CCOc1ccccc1. The van der Waals surface area contributed by atoms with Crippen molar-refractivity contribution in [3.63, 3.8) is 0 Å². The molecule has 0 heterocycles. The quantitative estimate of drug-likeness (QED) is 0.877. The van der Waals surface area contributed by atoms with E-state index in [0.717, 1.165) is 17.1 Å². The van der Waals surface area contributed by atoms with Crippen LogP contribution in [-0.4, -0.2) is 19.6 Å². The van der Waals surface area contributed by atoms with Gasteiger partial charge in [0.15, 0.2) is 0 Å². The van der Waals surface area contributed by atoms with Gasteiger partial charge in [-0.05, 0) is 35.9 Å². The first-order valence-corrected chi connectivity index (χ1v) is 6.35. The first-order valence-electron chi connectivity index (χ1n) is 6.35. The van der Waals surface area contributed by atoms with E-state index >= 15 is 0 Å². The van der Waals surface area contributed by atoms with Crippen molar-refractivity contribution in [2.75, 3.05) is 13.7 Å². The Kier molecular flexibility index (Phi) is 4.60. The number of carbonyl (C=O) groups is 1. The van der Waals surface area contributed by atoms with E-state index in [-0.39, 0.29) is 0 Å². The Morgan fingerprint density at radius 2 is 1.90 bits per heavy atom. The van der Waals surface area contributed by atoms with Crippen LogP contribution in [0.25, 0.3) is 0 Å². The summed E-state index contributed by atoms with van der Waals surface area (Å²) in [6.45, 7) is 0.503. The maximum atomic E-state index is 11.2. The largest absolute Gasteiger partial charge is 0.496 e. The van der Waals surface area contributed by atoms with Crippen LogP contribution in [0.3, 0.4) is 0 Å². The highest BCUT2D eigenvalue weighted by Gasteiger charge is 2.08. The molecule has 0 fully saturated rings. The van der Waals surface area contributed by atoms with Gasteiger partial charge in [-0.25, -0.2) is 0 Å². The molecule has 0 unspecified atom stereocenters. The lowest BCUT2D eigenvalue weighted by Crippen LogP contribution is -2.12. The highest BCUT2D eigenvalue weighted by molar-refractivity contribution is 5.93. The summed E-state index contributed by atoms with van der Waals surface area (Å²) < 4.78 is 10.9. The van der Waals surface area contributed by atoms with Gasteiger partial charge in [0.25, 0.3) is 0 Å². The molecule has 1 amide bonds. The summed E-state index contributed by atoms with van der Waals surface area (Å²) in [5, 5.41) is 0. The Hall–Kier alpha value is -2.49. The van der Waals surface area contributed by atoms with Gasteiger partial charge in [0.2, 0.25) is 5.91 Å². The average molecular weight is 271 g/mol. The van der Waals surface area contributed by atoms with E-state index in [2.05, 4.69) is 0 Å². The molecule has 0 saturated heterocycles. The monoisotopic (exact) mass is 271 g/mol. The van der Waals surface area contributed by atoms with Crippen molar-refractivity contribution in [2.45, 2.75) is 6.42 Å². The highest BCUT2D eigenvalue weighted by Crippen LogP contribution is 2.21. The Labute approximate surface area is 118 Å². The zero-order valence-corrected chi connectivity index (χ0v) is 11.3. The van der Waals surface area contributed by atoms with E-state index in [1.807, 2.05) is 30.3 Å². The van der Waals surface area contributed by atoms with Crippen LogP contribution >= 0.6 is 0 Å². The highest BCUT2D eigenvalue weighted by atomic mass is 16.5. The Balaban J connectivity index is 2.04. The minimum atomic E-state index is -0.446. The minimum absolute atomic E-state index is 0.446. The number of benzene rings is 2. The fraction of sp³-hybridized carbons (Fsp3) is 0.188. The van der Waals surface area contributed by atoms with Crippen molar-refractivity contribution in [2.24, 2.45) is 5.73 Å². The van der Waals surface area contributed by atoms with Crippen LogP contribution in [-0.2, 0) is 6.42 Å². The van der Waals surface area contributed by atoms with Crippen LogP contribution in [0.1, 0.15) is 15.9 Å². The number of amides is 1. The van der Waals surface area contributed by atoms with Crippen molar-refractivity contribution < 1.29 is 14.3 Å². The van der Waals surface area contributed by atoms with E-state index in [9.17, 15) is 4.79 Å². The van der Waals surface area contributed by atoms with Gasteiger partial charge in [-0.2, -0.15) is 0 Å². The van der Waals surface area contributed by atoms with Crippen molar-refractivity contribution >= 4 is 5.91 Å². The number of carbonyl (C=O) groups excluding carboxylic acids is 1. The number of hydrogen-bond acceptors (Lipinski definition) is 3. The molecule has 0 spiro atoms. The Bertz CT molecular complexity index is 582. The molecule has 0 bridgehead atoms. The van der Waals surface area contributed by atoms with Crippen LogP contribution in [0.2, 0.25) is 0 Å². The van der Waals surface area contributed by atoms with E-state index in [1.165, 1.54) is 0 Å². The molecule has 4 nitrogen and oxygen atoms in total. The molecule has 0 aliphatic carbocycles. The molecule has 2 rings (SSSR count). The second-order valence-corrected chi connectivity index (χ2v) is 4.30.